The van der Waals surface area contributed by atoms with Crippen molar-refractivity contribution in [2.24, 2.45) is 0 Å². The Morgan fingerprint density at radius 2 is 1.97 bits per heavy atom. The number of para-hydroxylation sites is 2. The standard InChI is InChI=1S/C22H20N4O3/c23-14-17(22-24-19-3-1-2-4-20(19)25-22)13-16-5-7-18(8-6-16)29-15-21(27)26-9-11-28-12-10-26/h1-8,13H,9-12,15H2,(H,24,25)/b17-13-. The first-order valence-corrected chi connectivity index (χ1v) is 9.38. The normalized spacial score (nSPS) is 14.6. The molecule has 2 heterocycles. The first-order valence-electron chi connectivity index (χ1n) is 9.38. The molecule has 1 aromatic heterocycles. The Labute approximate surface area is 168 Å². The van der Waals surface area contributed by atoms with E-state index in [1.807, 2.05) is 36.4 Å². The van der Waals surface area contributed by atoms with Crippen LogP contribution in [-0.4, -0.2) is 53.7 Å². The number of amides is 1. The summed E-state index contributed by atoms with van der Waals surface area (Å²) in [5.41, 5.74) is 2.99. The number of nitrogens with one attached hydrogen (secondary N) is 1. The van der Waals surface area contributed by atoms with E-state index in [2.05, 4.69) is 16.0 Å². The molecule has 0 saturated carbocycles. The van der Waals surface area contributed by atoms with Crippen LogP contribution in [0.4, 0.5) is 0 Å². The van der Waals surface area contributed by atoms with Gasteiger partial charge in [-0.25, -0.2) is 4.98 Å². The fourth-order valence-corrected chi connectivity index (χ4v) is 3.11. The van der Waals surface area contributed by atoms with Gasteiger partial charge >= 0.3 is 0 Å². The monoisotopic (exact) mass is 388 g/mol. The molecule has 0 spiro atoms. The summed E-state index contributed by atoms with van der Waals surface area (Å²) in [6.45, 7) is 2.34. The SMILES string of the molecule is N#C/C(=C/c1ccc(OCC(=O)N2CCOCC2)cc1)c1nc2ccccc2[nH]1. The number of allylic oxidation sites excluding steroid dienone is 1. The number of aromatic amines is 1. The van der Waals surface area contributed by atoms with E-state index in [-0.39, 0.29) is 12.5 Å². The maximum absolute atomic E-state index is 12.1. The summed E-state index contributed by atoms with van der Waals surface area (Å²) in [6, 6.07) is 17.1. The highest BCUT2D eigenvalue weighted by Crippen LogP contribution is 2.20. The van der Waals surface area contributed by atoms with Gasteiger partial charge in [0.25, 0.3) is 5.91 Å². The molecule has 2 aromatic carbocycles. The molecule has 0 radical (unpaired) electrons. The fraction of sp³-hybridized carbons (Fsp3) is 0.227. The van der Waals surface area contributed by atoms with Gasteiger partial charge in [0, 0.05) is 13.1 Å². The maximum Gasteiger partial charge on any atom is 0.260 e. The molecule has 0 aliphatic carbocycles. The quantitative estimate of drug-likeness (QED) is 0.679. The molecule has 7 heteroatoms. The highest BCUT2D eigenvalue weighted by molar-refractivity contribution is 5.90. The molecular formula is C22H20N4O3. The second-order valence-electron chi connectivity index (χ2n) is 6.62. The van der Waals surface area contributed by atoms with Crippen LogP contribution in [0.1, 0.15) is 11.4 Å². The lowest BCUT2D eigenvalue weighted by atomic mass is 10.1. The zero-order valence-electron chi connectivity index (χ0n) is 15.8. The summed E-state index contributed by atoms with van der Waals surface area (Å²) >= 11 is 0. The number of imidazole rings is 1. The largest absolute Gasteiger partial charge is 0.484 e. The number of morpholine rings is 1. The van der Waals surface area contributed by atoms with E-state index in [4.69, 9.17) is 9.47 Å². The van der Waals surface area contributed by atoms with Crippen LogP contribution in [0, 0.1) is 11.3 Å². The molecule has 1 aliphatic heterocycles. The first kappa shape index (κ1) is 18.7. The second-order valence-corrected chi connectivity index (χ2v) is 6.62. The minimum absolute atomic E-state index is 0.00237. The van der Waals surface area contributed by atoms with Crippen molar-refractivity contribution in [1.29, 1.82) is 5.26 Å². The lowest BCUT2D eigenvalue weighted by Crippen LogP contribution is -2.42. The Morgan fingerprint density at radius 3 is 2.69 bits per heavy atom. The van der Waals surface area contributed by atoms with Crippen LogP contribution >= 0.6 is 0 Å². The van der Waals surface area contributed by atoms with Crippen molar-refractivity contribution in [1.82, 2.24) is 14.9 Å². The zero-order valence-corrected chi connectivity index (χ0v) is 15.8. The molecule has 1 amide bonds. The lowest BCUT2D eigenvalue weighted by Gasteiger charge is -2.26. The molecule has 1 fully saturated rings. The van der Waals surface area contributed by atoms with Crippen LogP contribution in [-0.2, 0) is 9.53 Å². The van der Waals surface area contributed by atoms with Gasteiger partial charge in [-0.1, -0.05) is 24.3 Å². The van der Waals surface area contributed by atoms with Crippen molar-refractivity contribution in [2.75, 3.05) is 32.9 Å². The van der Waals surface area contributed by atoms with Gasteiger partial charge in [0.15, 0.2) is 6.61 Å². The minimum atomic E-state index is -0.0473. The smallest absolute Gasteiger partial charge is 0.260 e. The van der Waals surface area contributed by atoms with Gasteiger partial charge in [-0.3, -0.25) is 4.79 Å². The van der Waals surface area contributed by atoms with Gasteiger partial charge in [-0.15, -0.1) is 0 Å². The average Bonchev–Trinajstić information content (AvgIpc) is 3.21. The van der Waals surface area contributed by atoms with Crippen molar-refractivity contribution in [2.45, 2.75) is 0 Å². The van der Waals surface area contributed by atoms with Crippen LogP contribution in [0.5, 0.6) is 5.75 Å². The molecule has 0 atom stereocenters. The number of nitriles is 1. The van der Waals surface area contributed by atoms with E-state index < -0.39 is 0 Å². The molecule has 0 unspecified atom stereocenters. The maximum atomic E-state index is 12.1. The van der Waals surface area contributed by atoms with Gasteiger partial charge in [0.05, 0.1) is 29.8 Å². The van der Waals surface area contributed by atoms with Crippen LogP contribution in [0.15, 0.2) is 48.5 Å². The number of hydrogen-bond acceptors (Lipinski definition) is 5. The molecule has 4 rings (SSSR count). The third kappa shape index (κ3) is 4.45. The summed E-state index contributed by atoms with van der Waals surface area (Å²) in [6.07, 6.45) is 1.76. The summed E-state index contributed by atoms with van der Waals surface area (Å²) in [7, 11) is 0. The van der Waals surface area contributed by atoms with Crippen LogP contribution in [0.3, 0.4) is 0 Å². The Bertz CT molecular complexity index is 1040. The van der Waals surface area contributed by atoms with Gasteiger partial charge in [-0.2, -0.15) is 5.26 Å². The van der Waals surface area contributed by atoms with Crippen LogP contribution in [0.2, 0.25) is 0 Å². The summed E-state index contributed by atoms with van der Waals surface area (Å²) < 4.78 is 10.8. The Hall–Kier alpha value is -3.63. The van der Waals surface area contributed by atoms with E-state index in [1.165, 1.54) is 0 Å². The number of H-pyrrole nitrogens is 1. The zero-order chi connectivity index (χ0) is 20.1. The Kier molecular flexibility index (Phi) is 5.54. The number of nitrogens with zero attached hydrogens (tertiary/aromatic N) is 3. The number of rotatable bonds is 5. The topological polar surface area (TPSA) is 91.2 Å². The van der Waals surface area contributed by atoms with Gasteiger partial charge < -0.3 is 19.4 Å². The molecule has 1 aliphatic rings. The number of carbonyl (C=O) groups excluding carboxylic acids is 1. The van der Waals surface area contributed by atoms with E-state index >= 15 is 0 Å². The highest BCUT2D eigenvalue weighted by Gasteiger charge is 2.17. The van der Waals surface area contributed by atoms with Crippen molar-refractivity contribution >= 4 is 28.6 Å². The summed E-state index contributed by atoms with van der Waals surface area (Å²) in [5.74, 6) is 1.09. The number of fused-ring (bicyclic) bond motifs is 1. The van der Waals surface area contributed by atoms with E-state index in [0.29, 0.717) is 43.5 Å². The van der Waals surface area contributed by atoms with E-state index in [1.54, 1.807) is 23.1 Å². The predicted molar refractivity (Wildman–Crippen MR) is 109 cm³/mol. The van der Waals surface area contributed by atoms with Crippen molar-refractivity contribution in [3.05, 3.63) is 59.9 Å². The first-order chi connectivity index (χ1) is 14.2. The lowest BCUT2D eigenvalue weighted by molar-refractivity contribution is -0.137. The Balaban J connectivity index is 1.42. The summed E-state index contributed by atoms with van der Waals surface area (Å²) in [5, 5.41) is 9.54. The average molecular weight is 388 g/mol. The molecule has 0 bridgehead atoms. The number of carbonyl (C=O) groups is 1. The van der Waals surface area contributed by atoms with Gasteiger partial charge in [0.1, 0.15) is 17.6 Å². The molecule has 3 aromatic rings. The third-order valence-corrected chi connectivity index (χ3v) is 4.68. The van der Waals surface area contributed by atoms with Gasteiger partial charge in [0.2, 0.25) is 0 Å². The number of ether oxygens (including phenoxy) is 2. The minimum Gasteiger partial charge on any atom is -0.484 e. The number of benzene rings is 2. The summed E-state index contributed by atoms with van der Waals surface area (Å²) in [4.78, 5) is 21.5. The second kappa shape index (κ2) is 8.59. The van der Waals surface area contributed by atoms with E-state index in [9.17, 15) is 10.1 Å². The van der Waals surface area contributed by atoms with Crippen molar-refractivity contribution < 1.29 is 14.3 Å². The van der Waals surface area contributed by atoms with E-state index in [0.717, 1.165) is 16.6 Å². The van der Waals surface area contributed by atoms with Crippen molar-refractivity contribution in [3.8, 4) is 11.8 Å². The number of aromatic nitrogens is 2. The molecule has 146 valence electrons. The molecule has 1 saturated heterocycles. The van der Waals surface area contributed by atoms with Crippen molar-refractivity contribution in [3.63, 3.8) is 0 Å². The number of hydrogen-bond donors (Lipinski definition) is 1. The predicted octanol–water partition coefficient (Wildman–Crippen LogP) is 2.86. The fourth-order valence-electron chi connectivity index (χ4n) is 3.11. The van der Waals surface area contributed by atoms with Crippen LogP contribution in [0.25, 0.3) is 22.7 Å². The molecule has 29 heavy (non-hydrogen) atoms. The third-order valence-electron chi connectivity index (χ3n) is 4.68. The van der Waals surface area contributed by atoms with Gasteiger partial charge in [-0.05, 0) is 35.9 Å². The Morgan fingerprint density at radius 1 is 1.21 bits per heavy atom. The highest BCUT2D eigenvalue weighted by atomic mass is 16.5. The van der Waals surface area contributed by atoms with Crippen LogP contribution < -0.4 is 4.74 Å². The molecular weight excluding hydrogens is 368 g/mol. The molecule has 1 N–H and O–H groups in total. The molecule has 7 nitrogen and oxygen atoms in total.